The van der Waals surface area contributed by atoms with E-state index in [9.17, 15) is 9.59 Å². The minimum Gasteiger partial charge on any atom is -0.457 e. The van der Waals surface area contributed by atoms with Gasteiger partial charge in [-0.1, -0.05) is 37.3 Å². The number of hydrogen-bond donors (Lipinski definition) is 0. The van der Waals surface area contributed by atoms with Crippen LogP contribution in [0, 0.1) is 0 Å². The van der Waals surface area contributed by atoms with E-state index in [-0.39, 0.29) is 5.78 Å². The summed E-state index contributed by atoms with van der Waals surface area (Å²) in [5, 5.41) is 0. The van der Waals surface area contributed by atoms with E-state index in [1.807, 2.05) is 64.3 Å². The van der Waals surface area contributed by atoms with Crippen LogP contribution in [0.25, 0.3) is 17.4 Å². The Bertz CT molecular complexity index is 811. The molecule has 0 saturated carbocycles. The molecule has 0 unspecified atom stereocenters. The fourth-order valence-electron chi connectivity index (χ4n) is 2.45. The summed E-state index contributed by atoms with van der Waals surface area (Å²) in [5.74, 6) is 0.573. The van der Waals surface area contributed by atoms with Gasteiger partial charge in [-0.25, -0.2) is 4.79 Å². The van der Waals surface area contributed by atoms with Crippen LogP contribution in [0.3, 0.4) is 0 Å². The summed E-state index contributed by atoms with van der Waals surface area (Å²) in [6.45, 7) is 7.25. The molecule has 2 rings (SSSR count). The molecule has 0 N–H and O–H groups in total. The van der Waals surface area contributed by atoms with Crippen molar-refractivity contribution in [3.8, 4) is 11.3 Å². The zero-order valence-electron chi connectivity index (χ0n) is 15.8. The maximum Gasteiger partial charge on any atom is 0.331 e. The van der Waals surface area contributed by atoms with Crippen molar-refractivity contribution in [2.45, 2.75) is 44.6 Å². The third kappa shape index (κ3) is 4.88. The molecule has 5 heteroatoms. The summed E-state index contributed by atoms with van der Waals surface area (Å²) < 4.78 is 11.3. The predicted molar refractivity (Wildman–Crippen MR) is 105 cm³/mol. The number of furan rings is 1. The van der Waals surface area contributed by atoms with Gasteiger partial charge in [-0.15, -0.1) is 11.8 Å². The molecule has 0 aliphatic carbocycles. The molecule has 1 aromatic heterocycles. The summed E-state index contributed by atoms with van der Waals surface area (Å²) >= 11 is 1.43. The normalized spacial score (nSPS) is 11.7. The number of carbonyl (C=O) groups is 2. The summed E-state index contributed by atoms with van der Waals surface area (Å²) in [4.78, 5) is 25.2. The Hall–Kier alpha value is -2.27. The fraction of sp³-hybridized carbons (Fsp3) is 0.333. The molecule has 26 heavy (non-hydrogen) atoms. The van der Waals surface area contributed by atoms with E-state index >= 15 is 0 Å². The van der Waals surface area contributed by atoms with Crippen LogP contribution in [0.4, 0.5) is 0 Å². The molecule has 0 saturated heterocycles. The molecule has 4 nitrogen and oxygen atoms in total. The Morgan fingerprint density at radius 1 is 1.19 bits per heavy atom. The van der Waals surface area contributed by atoms with Crippen molar-refractivity contribution in [3.63, 3.8) is 0 Å². The highest BCUT2D eigenvalue weighted by atomic mass is 32.2. The van der Waals surface area contributed by atoms with Crippen LogP contribution in [0.15, 0.2) is 45.7 Å². The fourth-order valence-corrected chi connectivity index (χ4v) is 3.17. The van der Waals surface area contributed by atoms with E-state index in [1.165, 1.54) is 17.8 Å². The Kier molecular flexibility index (Phi) is 6.48. The molecule has 0 amide bonds. The van der Waals surface area contributed by atoms with Gasteiger partial charge in [0.1, 0.15) is 17.1 Å². The SMILES string of the molecule is CCC(=O)c1c(-c2ccccc2)oc(/C=C/C(=O)OC(C)(C)C)c1SC. The molecule has 2 aromatic rings. The predicted octanol–water partition coefficient (Wildman–Crippen LogP) is 5.62. The molecule has 1 aromatic carbocycles. The highest BCUT2D eigenvalue weighted by molar-refractivity contribution is 7.98. The smallest absolute Gasteiger partial charge is 0.331 e. The standard InChI is InChI=1S/C21H24O4S/c1-6-15(22)18-19(14-10-8-7-9-11-14)24-16(20(18)26-5)12-13-17(23)25-21(2,3)4/h7-13H,6H2,1-5H3/b13-12+. The van der Waals surface area contributed by atoms with Crippen molar-refractivity contribution in [1.29, 1.82) is 0 Å². The van der Waals surface area contributed by atoms with E-state index in [0.29, 0.717) is 23.5 Å². The lowest BCUT2D eigenvalue weighted by molar-refractivity contribution is -0.148. The minimum atomic E-state index is -0.564. The number of hydrogen-bond acceptors (Lipinski definition) is 5. The zero-order chi connectivity index (χ0) is 19.3. The highest BCUT2D eigenvalue weighted by Gasteiger charge is 2.24. The van der Waals surface area contributed by atoms with Crippen molar-refractivity contribution >= 4 is 29.6 Å². The first-order valence-corrected chi connectivity index (χ1v) is 9.69. The second-order valence-corrected chi connectivity index (χ2v) is 7.53. The summed E-state index contributed by atoms with van der Waals surface area (Å²) in [5.41, 5.74) is 0.831. The molecule has 1 heterocycles. The van der Waals surface area contributed by atoms with Crippen molar-refractivity contribution in [3.05, 3.63) is 47.7 Å². The molecular formula is C21H24O4S. The van der Waals surface area contributed by atoms with Gasteiger partial charge in [0.25, 0.3) is 0 Å². The van der Waals surface area contributed by atoms with E-state index in [0.717, 1.165) is 10.5 Å². The molecule has 0 bridgehead atoms. The number of ether oxygens (including phenoxy) is 1. The van der Waals surface area contributed by atoms with Gasteiger partial charge in [-0.2, -0.15) is 0 Å². The Balaban J connectivity index is 2.49. The number of rotatable bonds is 6. The lowest BCUT2D eigenvalue weighted by atomic mass is 10.0. The Morgan fingerprint density at radius 3 is 2.38 bits per heavy atom. The van der Waals surface area contributed by atoms with Gasteiger partial charge in [0.05, 0.1) is 10.5 Å². The van der Waals surface area contributed by atoms with Crippen LogP contribution in [0.1, 0.15) is 50.2 Å². The summed E-state index contributed by atoms with van der Waals surface area (Å²) in [6, 6.07) is 9.50. The largest absolute Gasteiger partial charge is 0.457 e. The van der Waals surface area contributed by atoms with Gasteiger partial charge in [0, 0.05) is 18.1 Å². The number of benzene rings is 1. The van der Waals surface area contributed by atoms with E-state index < -0.39 is 11.6 Å². The van der Waals surface area contributed by atoms with Gasteiger partial charge in [-0.3, -0.25) is 4.79 Å². The van der Waals surface area contributed by atoms with Crippen molar-refractivity contribution < 1.29 is 18.7 Å². The molecule has 0 spiro atoms. The highest BCUT2D eigenvalue weighted by Crippen LogP contribution is 2.38. The average Bonchev–Trinajstić information content (AvgIpc) is 2.97. The molecule has 138 valence electrons. The van der Waals surface area contributed by atoms with Crippen molar-refractivity contribution in [2.75, 3.05) is 6.26 Å². The topological polar surface area (TPSA) is 56.5 Å². The molecule has 0 radical (unpaired) electrons. The number of thioether (sulfide) groups is 1. The van der Waals surface area contributed by atoms with Crippen LogP contribution in [0.2, 0.25) is 0 Å². The van der Waals surface area contributed by atoms with Crippen LogP contribution in [-0.4, -0.2) is 23.6 Å². The molecule has 0 atom stereocenters. The number of carbonyl (C=O) groups excluding carboxylic acids is 2. The molecule has 0 fully saturated rings. The maximum atomic E-state index is 12.5. The van der Waals surface area contributed by atoms with E-state index in [1.54, 1.807) is 6.08 Å². The first kappa shape index (κ1) is 20.0. The third-order valence-corrected chi connectivity index (χ3v) is 4.32. The molecule has 0 aliphatic heterocycles. The average molecular weight is 372 g/mol. The van der Waals surface area contributed by atoms with Crippen LogP contribution in [-0.2, 0) is 9.53 Å². The van der Waals surface area contributed by atoms with E-state index in [2.05, 4.69) is 0 Å². The van der Waals surface area contributed by atoms with Crippen LogP contribution in [0.5, 0.6) is 0 Å². The first-order chi connectivity index (χ1) is 12.3. The third-order valence-electron chi connectivity index (χ3n) is 3.51. The zero-order valence-corrected chi connectivity index (χ0v) is 16.6. The lowest BCUT2D eigenvalue weighted by Gasteiger charge is -2.17. The Morgan fingerprint density at radius 2 is 1.85 bits per heavy atom. The van der Waals surface area contributed by atoms with Gasteiger partial charge < -0.3 is 9.15 Å². The summed E-state index contributed by atoms with van der Waals surface area (Å²) in [7, 11) is 0. The van der Waals surface area contributed by atoms with Crippen molar-refractivity contribution in [2.24, 2.45) is 0 Å². The first-order valence-electron chi connectivity index (χ1n) is 8.47. The monoisotopic (exact) mass is 372 g/mol. The molecular weight excluding hydrogens is 348 g/mol. The van der Waals surface area contributed by atoms with E-state index in [4.69, 9.17) is 9.15 Å². The van der Waals surface area contributed by atoms with Crippen LogP contribution >= 0.6 is 11.8 Å². The maximum absolute atomic E-state index is 12.5. The number of esters is 1. The van der Waals surface area contributed by atoms with Gasteiger partial charge in [-0.05, 0) is 33.1 Å². The van der Waals surface area contributed by atoms with Gasteiger partial charge in [0.15, 0.2) is 5.78 Å². The van der Waals surface area contributed by atoms with Crippen molar-refractivity contribution in [1.82, 2.24) is 0 Å². The second-order valence-electron chi connectivity index (χ2n) is 6.71. The Labute approximate surface area is 158 Å². The number of Topliss-reactive ketones (excluding diaryl/α,β-unsaturated/α-hetero) is 1. The van der Waals surface area contributed by atoms with Gasteiger partial charge >= 0.3 is 5.97 Å². The quantitative estimate of drug-likeness (QED) is 0.285. The second kappa shape index (κ2) is 8.41. The van der Waals surface area contributed by atoms with Crippen LogP contribution < -0.4 is 0 Å². The number of ketones is 1. The summed E-state index contributed by atoms with van der Waals surface area (Å²) in [6.07, 6.45) is 5.16. The lowest BCUT2D eigenvalue weighted by Crippen LogP contribution is -2.22. The van der Waals surface area contributed by atoms with Gasteiger partial charge in [0.2, 0.25) is 0 Å². The minimum absolute atomic E-state index is 0.00821. The molecule has 0 aliphatic rings.